The summed E-state index contributed by atoms with van der Waals surface area (Å²) >= 11 is 0. The summed E-state index contributed by atoms with van der Waals surface area (Å²) < 4.78 is 0. The molecular formula is C15H19NO4. The standard InChI is InChI=1S/C15H19NO4/c1-8-11(13(17)18)12(8)15(16,14(19)20)9(2)10-6-4-3-5-7-10/h3-9,11-12H,16H2,1-2H3,(H,17,18)(H,19,20). The van der Waals surface area contributed by atoms with E-state index in [9.17, 15) is 14.7 Å². The van der Waals surface area contributed by atoms with Gasteiger partial charge >= 0.3 is 11.9 Å². The van der Waals surface area contributed by atoms with Crippen molar-refractivity contribution in [3.05, 3.63) is 35.9 Å². The minimum atomic E-state index is -1.57. The summed E-state index contributed by atoms with van der Waals surface area (Å²) in [6.45, 7) is 3.49. The normalized spacial score (nSPS) is 29.2. The molecule has 1 aromatic carbocycles. The number of carboxylic acid groups (broad SMARTS) is 2. The van der Waals surface area contributed by atoms with Crippen LogP contribution in [0.3, 0.4) is 0 Å². The monoisotopic (exact) mass is 277 g/mol. The maximum absolute atomic E-state index is 11.7. The lowest BCUT2D eigenvalue weighted by molar-refractivity contribution is -0.146. The molecule has 108 valence electrons. The molecule has 1 fully saturated rings. The SMILES string of the molecule is CC1C(C(=O)O)C1C(N)(C(=O)O)C(C)c1ccccc1. The van der Waals surface area contributed by atoms with Crippen molar-refractivity contribution in [1.82, 2.24) is 0 Å². The van der Waals surface area contributed by atoms with Gasteiger partial charge in [0.2, 0.25) is 0 Å². The maximum atomic E-state index is 11.7. The fraction of sp³-hybridized carbons (Fsp3) is 0.467. The first-order valence-electron chi connectivity index (χ1n) is 6.61. The van der Waals surface area contributed by atoms with Crippen LogP contribution in [0.15, 0.2) is 30.3 Å². The Balaban J connectivity index is 2.37. The summed E-state index contributed by atoms with van der Waals surface area (Å²) in [4.78, 5) is 22.9. The minimum absolute atomic E-state index is 0.222. The highest BCUT2D eigenvalue weighted by Gasteiger charge is 2.65. The van der Waals surface area contributed by atoms with Crippen molar-refractivity contribution in [2.45, 2.75) is 25.3 Å². The molecule has 5 nitrogen and oxygen atoms in total. The number of carbonyl (C=O) groups is 2. The van der Waals surface area contributed by atoms with Crippen LogP contribution in [0.5, 0.6) is 0 Å². The lowest BCUT2D eigenvalue weighted by Crippen LogP contribution is -2.55. The molecule has 1 aromatic rings. The molecule has 2 rings (SSSR count). The van der Waals surface area contributed by atoms with Gasteiger partial charge in [-0.3, -0.25) is 9.59 Å². The molecule has 1 aliphatic carbocycles. The summed E-state index contributed by atoms with van der Waals surface area (Å²) in [5.74, 6) is -4.03. The number of hydrogen-bond donors (Lipinski definition) is 3. The third kappa shape index (κ3) is 2.08. The molecule has 0 amide bonds. The van der Waals surface area contributed by atoms with Crippen molar-refractivity contribution in [3.63, 3.8) is 0 Å². The quantitative estimate of drug-likeness (QED) is 0.758. The van der Waals surface area contributed by atoms with Crippen LogP contribution in [-0.4, -0.2) is 27.7 Å². The fourth-order valence-electron chi connectivity index (χ4n) is 3.21. The van der Waals surface area contributed by atoms with Crippen LogP contribution in [0.2, 0.25) is 0 Å². The van der Waals surface area contributed by atoms with Gasteiger partial charge in [-0.05, 0) is 11.5 Å². The molecule has 5 unspecified atom stereocenters. The highest BCUT2D eigenvalue weighted by molar-refractivity contribution is 5.85. The second kappa shape index (κ2) is 4.90. The molecule has 4 N–H and O–H groups in total. The fourth-order valence-corrected chi connectivity index (χ4v) is 3.21. The number of rotatable bonds is 5. The van der Waals surface area contributed by atoms with Crippen LogP contribution < -0.4 is 5.73 Å². The predicted octanol–water partition coefficient (Wildman–Crippen LogP) is 1.54. The number of nitrogens with two attached hydrogens (primary N) is 1. The molecule has 0 saturated heterocycles. The molecule has 5 heteroatoms. The molecule has 0 heterocycles. The molecule has 20 heavy (non-hydrogen) atoms. The predicted molar refractivity (Wildman–Crippen MR) is 73.2 cm³/mol. The van der Waals surface area contributed by atoms with E-state index < -0.39 is 35.2 Å². The van der Waals surface area contributed by atoms with Gasteiger partial charge in [0, 0.05) is 11.8 Å². The first-order chi connectivity index (χ1) is 9.31. The summed E-state index contributed by atoms with van der Waals surface area (Å²) in [5.41, 5.74) is 5.42. The van der Waals surface area contributed by atoms with Gasteiger partial charge in [0.1, 0.15) is 5.54 Å². The lowest BCUT2D eigenvalue weighted by Gasteiger charge is -2.32. The van der Waals surface area contributed by atoms with Gasteiger partial charge in [0.15, 0.2) is 0 Å². The van der Waals surface area contributed by atoms with E-state index in [4.69, 9.17) is 10.8 Å². The topological polar surface area (TPSA) is 101 Å². The second-order valence-electron chi connectivity index (χ2n) is 5.62. The van der Waals surface area contributed by atoms with Gasteiger partial charge < -0.3 is 15.9 Å². The first kappa shape index (κ1) is 14.5. The van der Waals surface area contributed by atoms with Crippen LogP contribution >= 0.6 is 0 Å². The zero-order chi connectivity index (χ0) is 15.1. The Bertz CT molecular complexity index is 530. The Hall–Kier alpha value is -1.88. The maximum Gasteiger partial charge on any atom is 0.324 e. The molecular weight excluding hydrogens is 258 g/mol. The van der Waals surface area contributed by atoms with Crippen molar-refractivity contribution in [3.8, 4) is 0 Å². The molecule has 5 atom stereocenters. The average molecular weight is 277 g/mol. The van der Waals surface area contributed by atoms with E-state index in [0.717, 1.165) is 5.56 Å². The molecule has 0 aromatic heterocycles. The molecule has 1 saturated carbocycles. The number of benzene rings is 1. The van der Waals surface area contributed by atoms with Crippen LogP contribution in [0.25, 0.3) is 0 Å². The van der Waals surface area contributed by atoms with Gasteiger partial charge in [0.25, 0.3) is 0 Å². The summed E-state index contributed by atoms with van der Waals surface area (Å²) in [6, 6.07) is 9.11. The molecule has 0 spiro atoms. The van der Waals surface area contributed by atoms with E-state index >= 15 is 0 Å². The van der Waals surface area contributed by atoms with Crippen molar-refractivity contribution in [1.29, 1.82) is 0 Å². The van der Waals surface area contributed by atoms with Crippen molar-refractivity contribution in [2.24, 2.45) is 23.5 Å². The Kier molecular flexibility index (Phi) is 3.56. The minimum Gasteiger partial charge on any atom is -0.481 e. The van der Waals surface area contributed by atoms with Crippen LogP contribution in [0.4, 0.5) is 0 Å². The van der Waals surface area contributed by atoms with Gasteiger partial charge in [-0.1, -0.05) is 44.2 Å². The Morgan fingerprint density at radius 3 is 2.20 bits per heavy atom. The van der Waals surface area contributed by atoms with Gasteiger partial charge in [0.05, 0.1) is 5.92 Å². The highest BCUT2D eigenvalue weighted by atomic mass is 16.4. The molecule has 1 aliphatic rings. The summed E-state index contributed by atoms with van der Waals surface area (Å²) in [5, 5.41) is 18.7. The van der Waals surface area contributed by atoms with Gasteiger partial charge in [-0.15, -0.1) is 0 Å². The van der Waals surface area contributed by atoms with E-state index in [2.05, 4.69) is 0 Å². The number of hydrogen-bond acceptors (Lipinski definition) is 3. The molecule has 0 bridgehead atoms. The van der Waals surface area contributed by atoms with E-state index in [1.807, 2.05) is 30.3 Å². The van der Waals surface area contributed by atoms with Crippen LogP contribution in [0, 0.1) is 17.8 Å². The summed E-state index contributed by atoms with van der Waals surface area (Å²) in [7, 11) is 0. The smallest absolute Gasteiger partial charge is 0.324 e. The van der Waals surface area contributed by atoms with E-state index in [0.29, 0.717) is 0 Å². The summed E-state index contributed by atoms with van der Waals surface area (Å²) in [6.07, 6.45) is 0. The largest absolute Gasteiger partial charge is 0.481 e. The molecule has 0 aliphatic heterocycles. The van der Waals surface area contributed by atoms with E-state index in [-0.39, 0.29) is 5.92 Å². The third-order valence-electron chi connectivity index (χ3n) is 4.60. The number of aliphatic carboxylic acids is 2. The zero-order valence-electron chi connectivity index (χ0n) is 11.5. The van der Waals surface area contributed by atoms with Crippen LogP contribution in [0.1, 0.15) is 25.3 Å². The zero-order valence-corrected chi connectivity index (χ0v) is 11.5. The Labute approximate surface area is 117 Å². The second-order valence-corrected chi connectivity index (χ2v) is 5.62. The first-order valence-corrected chi connectivity index (χ1v) is 6.61. The van der Waals surface area contributed by atoms with Crippen molar-refractivity contribution < 1.29 is 19.8 Å². The van der Waals surface area contributed by atoms with E-state index in [1.165, 1.54) is 0 Å². The van der Waals surface area contributed by atoms with Crippen molar-refractivity contribution in [2.75, 3.05) is 0 Å². The third-order valence-corrected chi connectivity index (χ3v) is 4.60. The van der Waals surface area contributed by atoms with Gasteiger partial charge in [-0.25, -0.2) is 0 Å². The van der Waals surface area contributed by atoms with Crippen molar-refractivity contribution >= 4 is 11.9 Å². The van der Waals surface area contributed by atoms with E-state index in [1.54, 1.807) is 13.8 Å². The highest BCUT2D eigenvalue weighted by Crippen LogP contribution is 2.55. The number of carboxylic acids is 2. The van der Waals surface area contributed by atoms with Crippen LogP contribution in [-0.2, 0) is 9.59 Å². The Morgan fingerprint density at radius 2 is 1.80 bits per heavy atom. The lowest BCUT2D eigenvalue weighted by atomic mass is 9.76. The average Bonchev–Trinajstić information content (AvgIpc) is 3.10. The molecule has 0 radical (unpaired) electrons. The van der Waals surface area contributed by atoms with Gasteiger partial charge in [-0.2, -0.15) is 0 Å². The Morgan fingerprint density at radius 1 is 1.25 bits per heavy atom.